The molecule has 0 aliphatic rings. The molecule has 0 saturated carbocycles. The molecule has 0 radical (unpaired) electrons. The van der Waals surface area contributed by atoms with E-state index < -0.39 is 0 Å². The summed E-state index contributed by atoms with van der Waals surface area (Å²) in [5.74, 6) is -0.0685. The summed E-state index contributed by atoms with van der Waals surface area (Å²) >= 11 is 1.64. The first-order valence-electron chi connectivity index (χ1n) is 5.53. The molecule has 0 saturated heterocycles. The zero-order valence-corrected chi connectivity index (χ0v) is 11.0. The van der Waals surface area contributed by atoms with Gasteiger partial charge in [0, 0.05) is 17.0 Å². The van der Waals surface area contributed by atoms with Crippen molar-refractivity contribution in [1.82, 2.24) is 4.90 Å². The number of nitrogens with zero attached hydrogens (tertiary/aromatic N) is 2. The highest BCUT2D eigenvalue weighted by molar-refractivity contribution is 7.98. The van der Waals surface area contributed by atoms with Gasteiger partial charge in [0.1, 0.15) is 6.54 Å². The Morgan fingerprint density at radius 2 is 2.06 bits per heavy atom. The first-order valence-corrected chi connectivity index (χ1v) is 6.75. The van der Waals surface area contributed by atoms with E-state index in [-0.39, 0.29) is 12.5 Å². The summed E-state index contributed by atoms with van der Waals surface area (Å²) in [5.41, 5.74) is 0.645. The van der Waals surface area contributed by atoms with Crippen molar-refractivity contribution in [3.05, 3.63) is 29.8 Å². The molecular weight excluding hydrogens is 232 g/mol. The Bertz CT molecular complexity index is 408. The summed E-state index contributed by atoms with van der Waals surface area (Å²) in [6, 6.07) is 9.50. The molecule has 0 heterocycles. The Kier molecular flexibility index (Phi) is 5.58. The fourth-order valence-corrected chi connectivity index (χ4v) is 1.93. The average molecular weight is 248 g/mol. The van der Waals surface area contributed by atoms with Crippen LogP contribution in [-0.4, -0.2) is 30.2 Å². The largest absolute Gasteiger partial charge is 0.325 e. The van der Waals surface area contributed by atoms with Gasteiger partial charge in [-0.15, -0.1) is 11.8 Å². The predicted octanol–water partition coefficient (Wildman–Crippen LogP) is 2.78. The first kappa shape index (κ1) is 13.6. The fourth-order valence-electron chi connectivity index (χ4n) is 1.52. The molecule has 90 valence electrons. The van der Waals surface area contributed by atoms with Gasteiger partial charge in [-0.3, -0.25) is 4.79 Å². The van der Waals surface area contributed by atoms with Gasteiger partial charge in [0.25, 0.3) is 5.91 Å². The van der Waals surface area contributed by atoms with E-state index in [1.165, 1.54) is 0 Å². The van der Waals surface area contributed by atoms with Crippen molar-refractivity contribution in [3.63, 3.8) is 0 Å². The quantitative estimate of drug-likeness (QED) is 0.594. The SMILES string of the molecule is CCCN(CC#N)C(=O)c1ccc(SC)cc1. The summed E-state index contributed by atoms with van der Waals surface area (Å²) in [6.45, 7) is 2.77. The molecule has 0 aliphatic carbocycles. The lowest BCUT2D eigenvalue weighted by molar-refractivity contribution is 0.0776. The van der Waals surface area contributed by atoms with Crippen LogP contribution in [0.15, 0.2) is 29.2 Å². The van der Waals surface area contributed by atoms with Gasteiger partial charge in [0.05, 0.1) is 6.07 Å². The van der Waals surface area contributed by atoms with E-state index in [2.05, 4.69) is 0 Å². The van der Waals surface area contributed by atoms with Crippen molar-refractivity contribution >= 4 is 17.7 Å². The molecule has 0 bridgehead atoms. The van der Waals surface area contributed by atoms with Crippen molar-refractivity contribution in [1.29, 1.82) is 5.26 Å². The highest BCUT2D eigenvalue weighted by Crippen LogP contribution is 2.15. The summed E-state index contributed by atoms with van der Waals surface area (Å²) in [5, 5.41) is 8.69. The van der Waals surface area contributed by atoms with Gasteiger partial charge in [-0.25, -0.2) is 0 Å². The van der Waals surface area contributed by atoms with Crippen molar-refractivity contribution in [3.8, 4) is 6.07 Å². The minimum absolute atomic E-state index is 0.0685. The van der Waals surface area contributed by atoms with Crippen LogP contribution < -0.4 is 0 Å². The number of amides is 1. The van der Waals surface area contributed by atoms with Gasteiger partial charge in [-0.2, -0.15) is 5.26 Å². The van der Waals surface area contributed by atoms with Gasteiger partial charge in [0.2, 0.25) is 0 Å². The lowest BCUT2D eigenvalue weighted by atomic mass is 10.2. The van der Waals surface area contributed by atoms with Gasteiger partial charge in [-0.05, 0) is 36.9 Å². The third-order valence-electron chi connectivity index (χ3n) is 2.38. The molecule has 3 nitrogen and oxygen atoms in total. The number of carbonyl (C=O) groups is 1. The topological polar surface area (TPSA) is 44.1 Å². The molecule has 1 aromatic carbocycles. The number of benzene rings is 1. The molecule has 0 atom stereocenters. The summed E-state index contributed by atoms with van der Waals surface area (Å²) in [6.07, 6.45) is 2.85. The molecule has 0 spiro atoms. The third-order valence-corrected chi connectivity index (χ3v) is 3.12. The van der Waals surface area contributed by atoms with Crippen LogP contribution in [0, 0.1) is 11.3 Å². The van der Waals surface area contributed by atoms with Crippen LogP contribution >= 0.6 is 11.8 Å². The number of hydrogen-bond acceptors (Lipinski definition) is 3. The van der Waals surface area contributed by atoms with Crippen LogP contribution in [0.3, 0.4) is 0 Å². The molecule has 0 aliphatic heterocycles. The number of nitriles is 1. The molecule has 1 rings (SSSR count). The molecule has 1 amide bonds. The van der Waals surface area contributed by atoms with Gasteiger partial charge < -0.3 is 4.90 Å². The van der Waals surface area contributed by atoms with Crippen LogP contribution in [0.5, 0.6) is 0 Å². The Balaban J connectivity index is 2.81. The Labute approximate surface area is 106 Å². The lowest BCUT2D eigenvalue weighted by Crippen LogP contribution is -2.32. The second-order valence-electron chi connectivity index (χ2n) is 3.61. The van der Waals surface area contributed by atoms with Crippen LogP contribution in [0.25, 0.3) is 0 Å². The second kappa shape index (κ2) is 6.97. The zero-order chi connectivity index (χ0) is 12.7. The van der Waals surface area contributed by atoms with Crippen LogP contribution in [0.2, 0.25) is 0 Å². The van der Waals surface area contributed by atoms with Crippen molar-refractivity contribution in [2.75, 3.05) is 19.3 Å². The molecule has 1 aromatic rings. The van der Waals surface area contributed by atoms with E-state index in [1.54, 1.807) is 16.7 Å². The van der Waals surface area contributed by atoms with Gasteiger partial charge >= 0.3 is 0 Å². The van der Waals surface area contributed by atoms with E-state index in [9.17, 15) is 4.79 Å². The second-order valence-corrected chi connectivity index (χ2v) is 4.49. The molecule has 0 unspecified atom stereocenters. The van der Waals surface area contributed by atoms with Crippen molar-refractivity contribution in [2.24, 2.45) is 0 Å². The van der Waals surface area contributed by atoms with Crippen molar-refractivity contribution < 1.29 is 4.79 Å². The monoisotopic (exact) mass is 248 g/mol. The Morgan fingerprint density at radius 1 is 1.41 bits per heavy atom. The number of thioether (sulfide) groups is 1. The maximum Gasteiger partial charge on any atom is 0.254 e. The van der Waals surface area contributed by atoms with E-state index in [1.807, 2.05) is 43.5 Å². The number of rotatable bonds is 5. The number of carbonyl (C=O) groups excluding carboxylic acids is 1. The van der Waals surface area contributed by atoms with Crippen LogP contribution in [-0.2, 0) is 0 Å². The summed E-state index contributed by atoms with van der Waals surface area (Å²) in [4.78, 5) is 14.8. The highest BCUT2D eigenvalue weighted by atomic mass is 32.2. The maximum absolute atomic E-state index is 12.1. The minimum atomic E-state index is -0.0685. The maximum atomic E-state index is 12.1. The summed E-state index contributed by atoms with van der Waals surface area (Å²) in [7, 11) is 0. The third kappa shape index (κ3) is 3.79. The minimum Gasteiger partial charge on any atom is -0.325 e. The van der Waals surface area contributed by atoms with Crippen LogP contribution in [0.4, 0.5) is 0 Å². The molecule has 0 N–H and O–H groups in total. The average Bonchev–Trinajstić information content (AvgIpc) is 2.38. The molecular formula is C13H16N2OS. The molecule has 17 heavy (non-hydrogen) atoms. The molecule has 0 aromatic heterocycles. The first-order chi connectivity index (χ1) is 8.22. The van der Waals surface area contributed by atoms with Crippen molar-refractivity contribution in [2.45, 2.75) is 18.2 Å². The Hall–Kier alpha value is -1.47. The smallest absolute Gasteiger partial charge is 0.254 e. The van der Waals surface area contributed by atoms with E-state index in [0.29, 0.717) is 12.1 Å². The van der Waals surface area contributed by atoms with E-state index in [4.69, 9.17) is 5.26 Å². The fraction of sp³-hybridized carbons (Fsp3) is 0.385. The van der Waals surface area contributed by atoms with Gasteiger partial charge in [-0.1, -0.05) is 6.92 Å². The van der Waals surface area contributed by atoms with Crippen LogP contribution in [0.1, 0.15) is 23.7 Å². The zero-order valence-electron chi connectivity index (χ0n) is 10.1. The van der Waals surface area contributed by atoms with E-state index >= 15 is 0 Å². The highest BCUT2D eigenvalue weighted by Gasteiger charge is 2.14. The molecule has 4 heteroatoms. The molecule has 0 fully saturated rings. The standard InChI is InChI=1S/C13H16N2OS/c1-3-9-15(10-8-14)13(16)11-4-6-12(17-2)7-5-11/h4-7H,3,9-10H2,1-2H3. The normalized spacial score (nSPS) is 9.71. The number of hydrogen-bond donors (Lipinski definition) is 0. The van der Waals surface area contributed by atoms with Gasteiger partial charge in [0.15, 0.2) is 0 Å². The van der Waals surface area contributed by atoms with E-state index in [0.717, 1.165) is 11.3 Å². The summed E-state index contributed by atoms with van der Waals surface area (Å²) < 4.78 is 0. The Morgan fingerprint density at radius 3 is 2.53 bits per heavy atom. The lowest BCUT2D eigenvalue weighted by Gasteiger charge is -2.18. The predicted molar refractivity (Wildman–Crippen MR) is 70.0 cm³/mol.